The van der Waals surface area contributed by atoms with Crippen molar-refractivity contribution >= 4 is 45.6 Å². The summed E-state index contributed by atoms with van der Waals surface area (Å²) < 4.78 is 12.8. The van der Waals surface area contributed by atoms with E-state index in [2.05, 4.69) is 10.1 Å². The van der Waals surface area contributed by atoms with Crippen LogP contribution in [0.5, 0.6) is 0 Å². The second-order valence-electron chi connectivity index (χ2n) is 5.82. The van der Waals surface area contributed by atoms with Gasteiger partial charge < -0.3 is 8.83 Å². The number of fused-ring (bicyclic) bond motifs is 1. The second kappa shape index (κ2) is 6.63. The number of rotatable bonds is 3. The van der Waals surface area contributed by atoms with E-state index in [4.69, 9.17) is 32.0 Å². The Balaban J connectivity index is 1.56. The third kappa shape index (κ3) is 2.84. The van der Waals surface area contributed by atoms with Gasteiger partial charge in [0, 0.05) is 6.08 Å². The van der Waals surface area contributed by atoms with Crippen molar-refractivity contribution in [2.75, 3.05) is 0 Å². The molecule has 0 aliphatic carbocycles. The second-order valence-corrected chi connectivity index (χ2v) is 7.65. The Bertz CT molecular complexity index is 1400. The summed E-state index contributed by atoms with van der Waals surface area (Å²) in [6.07, 6.45) is 3.17. The maximum atomic E-state index is 12.6. The van der Waals surface area contributed by atoms with Gasteiger partial charge in [0.15, 0.2) is 5.76 Å². The number of benzene rings is 1. The lowest BCUT2D eigenvalue weighted by Gasteiger charge is -2.02. The number of thiazole rings is 1. The molecule has 0 saturated heterocycles. The minimum absolute atomic E-state index is 0.279. The number of hydrogen-bond acceptors (Lipinski definition) is 6. The van der Waals surface area contributed by atoms with Gasteiger partial charge in [-0.05, 0) is 36.4 Å². The number of nitrogens with zero attached hydrogens (tertiary/aromatic N) is 3. The van der Waals surface area contributed by atoms with Crippen LogP contribution in [0.25, 0.3) is 33.9 Å². The zero-order valence-electron chi connectivity index (χ0n) is 13.9. The Morgan fingerprint density at radius 1 is 1.04 bits per heavy atom. The van der Waals surface area contributed by atoms with Crippen LogP contribution in [0.1, 0.15) is 5.76 Å². The van der Waals surface area contributed by atoms with Crippen LogP contribution in [0.4, 0.5) is 0 Å². The molecule has 0 bridgehead atoms. The zero-order valence-corrected chi connectivity index (χ0v) is 16.3. The third-order valence-electron chi connectivity index (χ3n) is 4.03. The van der Waals surface area contributed by atoms with E-state index in [1.165, 1.54) is 22.1 Å². The Labute approximate surface area is 171 Å². The van der Waals surface area contributed by atoms with Gasteiger partial charge in [-0.3, -0.25) is 4.79 Å². The van der Waals surface area contributed by atoms with Crippen molar-refractivity contribution in [3.8, 4) is 22.9 Å². The molecule has 5 aromatic rings. The predicted molar refractivity (Wildman–Crippen MR) is 108 cm³/mol. The van der Waals surface area contributed by atoms with Crippen LogP contribution in [0.3, 0.4) is 0 Å². The summed E-state index contributed by atoms with van der Waals surface area (Å²) in [7, 11) is 0. The van der Waals surface area contributed by atoms with Gasteiger partial charge in [0.2, 0.25) is 10.8 Å². The van der Waals surface area contributed by atoms with Crippen molar-refractivity contribution < 1.29 is 8.83 Å². The molecular formula is C19H9Cl2N3O3S. The van der Waals surface area contributed by atoms with E-state index in [1.807, 2.05) is 0 Å². The lowest BCUT2D eigenvalue weighted by Crippen LogP contribution is -2.23. The molecule has 0 radical (unpaired) electrons. The Morgan fingerprint density at radius 2 is 1.86 bits per heavy atom. The van der Waals surface area contributed by atoms with E-state index in [0.717, 1.165) is 0 Å². The Morgan fingerprint density at radius 3 is 2.57 bits per heavy atom. The highest BCUT2D eigenvalue weighted by Crippen LogP contribution is 2.35. The minimum Gasteiger partial charge on any atom is -0.461 e. The molecule has 5 rings (SSSR count). The smallest absolute Gasteiger partial charge is 0.291 e. The van der Waals surface area contributed by atoms with Crippen molar-refractivity contribution in [1.82, 2.24) is 14.6 Å². The molecule has 1 aromatic carbocycles. The van der Waals surface area contributed by atoms with Gasteiger partial charge in [0.1, 0.15) is 16.1 Å². The normalized spacial score (nSPS) is 12.3. The maximum Gasteiger partial charge on any atom is 0.291 e. The summed E-state index contributed by atoms with van der Waals surface area (Å²) in [6, 6.07) is 12.2. The van der Waals surface area contributed by atoms with Gasteiger partial charge in [-0.2, -0.15) is 9.50 Å². The Kier molecular flexibility index (Phi) is 4.08. The van der Waals surface area contributed by atoms with Crippen LogP contribution in [0.2, 0.25) is 10.0 Å². The van der Waals surface area contributed by atoms with Crippen LogP contribution in [-0.4, -0.2) is 14.6 Å². The van der Waals surface area contributed by atoms with Crippen molar-refractivity contribution in [2.45, 2.75) is 0 Å². The first kappa shape index (κ1) is 17.2. The van der Waals surface area contributed by atoms with Crippen LogP contribution in [0.15, 0.2) is 62.4 Å². The molecule has 0 N–H and O–H groups in total. The van der Waals surface area contributed by atoms with Crippen molar-refractivity contribution in [3.63, 3.8) is 0 Å². The molecule has 6 nitrogen and oxygen atoms in total. The SMILES string of the molecule is O=c1c(=Cc2ccc(-c3c(Cl)cccc3Cl)o2)sc2nc(-c3ccco3)nn12. The largest absolute Gasteiger partial charge is 0.461 e. The molecule has 4 heterocycles. The van der Waals surface area contributed by atoms with E-state index < -0.39 is 0 Å². The van der Waals surface area contributed by atoms with Crippen LogP contribution < -0.4 is 10.1 Å². The summed E-state index contributed by atoms with van der Waals surface area (Å²) >= 11 is 13.7. The monoisotopic (exact) mass is 429 g/mol. The molecule has 9 heteroatoms. The molecule has 28 heavy (non-hydrogen) atoms. The van der Waals surface area contributed by atoms with E-state index in [1.54, 1.807) is 48.5 Å². The van der Waals surface area contributed by atoms with Gasteiger partial charge in [-0.25, -0.2) is 0 Å². The number of halogens is 2. The molecule has 0 aliphatic rings. The highest BCUT2D eigenvalue weighted by Gasteiger charge is 2.15. The fourth-order valence-electron chi connectivity index (χ4n) is 2.77. The van der Waals surface area contributed by atoms with Gasteiger partial charge in [0.05, 0.1) is 21.9 Å². The lowest BCUT2D eigenvalue weighted by atomic mass is 10.2. The number of furan rings is 2. The maximum absolute atomic E-state index is 12.6. The third-order valence-corrected chi connectivity index (χ3v) is 5.62. The lowest BCUT2D eigenvalue weighted by molar-refractivity contribution is 0.571. The van der Waals surface area contributed by atoms with Gasteiger partial charge in [-0.15, -0.1) is 5.10 Å². The average molecular weight is 430 g/mol. The number of hydrogen-bond donors (Lipinski definition) is 0. The van der Waals surface area contributed by atoms with E-state index in [9.17, 15) is 4.79 Å². The summed E-state index contributed by atoms with van der Waals surface area (Å²) in [5, 5.41) is 5.19. The first-order valence-corrected chi connectivity index (χ1v) is 9.67. The van der Waals surface area contributed by atoms with Crippen molar-refractivity contribution in [2.24, 2.45) is 0 Å². The van der Waals surface area contributed by atoms with Gasteiger partial charge in [-0.1, -0.05) is 40.6 Å². The van der Waals surface area contributed by atoms with E-state index >= 15 is 0 Å². The van der Waals surface area contributed by atoms with E-state index in [0.29, 0.717) is 48.2 Å². The zero-order chi connectivity index (χ0) is 19.3. The molecule has 0 aliphatic heterocycles. The fourth-order valence-corrected chi connectivity index (χ4v) is 4.24. The van der Waals surface area contributed by atoms with Gasteiger partial charge >= 0.3 is 0 Å². The highest BCUT2D eigenvalue weighted by atomic mass is 35.5. The quantitative estimate of drug-likeness (QED) is 0.421. The summed E-state index contributed by atoms with van der Waals surface area (Å²) in [4.78, 5) is 17.4. The van der Waals surface area contributed by atoms with Gasteiger partial charge in [0.25, 0.3) is 5.56 Å². The first-order valence-electron chi connectivity index (χ1n) is 8.09. The average Bonchev–Trinajstić information content (AvgIpc) is 3.43. The molecule has 0 amide bonds. The minimum atomic E-state index is -0.279. The van der Waals surface area contributed by atoms with Crippen LogP contribution in [-0.2, 0) is 0 Å². The van der Waals surface area contributed by atoms with Crippen molar-refractivity contribution in [3.05, 3.63) is 79.4 Å². The summed E-state index contributed by atoms with van der Waals surface area (Å²) in [6.45, 7) is 0. The molecule has 0 fully saturated rings. The standard InChI is InChI=1S/C19H9Cl2N3O3S/c20-11-3-1-4-12(21)16(11)13-7-6-10(27-13)9-15-18(25)24-19(28-15)22-17(23-24)14-5-2-8-26-14/h1-9H. The molecule has 0 unspecified atom stereocenters. The molecule has 0 saturated carbocycles. The van der Waals surface area contributed by atoms with Crippen molar-refractivity contribution in [1.29, 1.82) is 0 Å². The summed E-state index contributed by atoms with van der Waals surface area (Å²) in [5.41, 5.74) is 0.331. The van der Waals surface area contributed by atoms with Crippen LogP contribution in [0, 0.1) is 0 Å². The number of aromatic nitrogens is 3. The molecular weight excluding hydrogens is 421 g/mol. The molecule has 138 valence electrons. The van der Waals surface area contributed by atoms with Crippen LogP contribution >= 0.6 is 34.5 Å². The highest BCUT2D eigenvalue weighted by molar-refractivity contribution is 7.15. The molecule has 0 spiro atoms. The summed E-state index contributed by atoms with van der Waals surface area (Å²) in [5.74, 6) is 1.90. The first-order chi connectivity index (χ1) is 13.6. The molecule has 0 atom stereocenters. The molecule has 4 aromatic heterocycles. The predicted octanol–water partition coefficient (Wildman–Crippen LogP) is 4.53. The fraction of sp³-hybridized carbons (Fsp3) is 0. The topological polar surface area (TPSA) is 73.5 Å². The van der Waals surface area contributed by atoms with E-state index in [-0.39, 0.29) is 5.56 Å². The Hall–Kier alpha value is -2.87.